The molecule has 1 atom stereocenters. The topological polar surface area (TPSA) is 104 Å². The van der Waals surface area contributed by atoms with Crippen LogP contribution in [0.15, 0.2) is 72.9 Å². The molecule has 3 heterocycles. The first-order valence-corrected chi connectivity index (χ1v) is 14.9. The van der Waals surface area contributed by atoms with Gasteiger partial charge in [0, 0.05) is 68.0 Å². The average molecular weight is 658 g/mol. The van der Waals surface area contributed by atoms with Crippen LogP contribution in [0.3, 0.4) is 0 Å². The molecule has 0 N–H and O–H groups in total. The SMILES string of the molecule is O=[N+]([O-])c1cn2c(n1)OC(COc1ccc(N3CCN(Cc4ccc(OCc5ccc(OC(F)(F)F)cc5)cc4F)CC3)cc1)CC2. The van der Waals surface area contributed by atoms with E-state index < -0.39 is 11.3 Å². The lowest BCUT2D eigenvalue weighted by Gasteiger charge is -2.36. The molecule has 6 rings (SSSR count). The summed E-state index contributed by atoms with van der Waals surface area (Å²) in [6, 6.07) is 18.0. The highest BCUT2D eigenvalue weighted by Gasteiger charge is 2.31. The van der Waals surface area contributed by atoms with Gasteiger partial charge in [0.1, 0.15) is 48.6 Å². The summed E-state index contributed by atoms with van der Waals surface area (Å²) >= 11 is 0. The molecular formula is C32H31F4N5O6. The maximum absolute atomic E-state index is 14.9. The predicted octanol–water partition coefficient (Wildman–Crippen LogP) is 5.96. The fraction of sp³-hybridized carbons (Fsp3) is 0.344. The largest absolute Gasteiger partial charge is 0.573 e. The summed E-state index contributed by atoms with van der Waals surface area (Å²) in [5.74, 6) is 0.0606. The van der Waals surface area contributed by atoms with Crippen LogP contribution in [0.5, 0.6) is 23.3 Å². The van der Waals surface area contributed by atoms with Crippen LogP contribution in [0.25, 0.3) is 0 Å². The molecule has 1 saturated heterocycles. The van der Waals surface area contributed by atoms with Crippen molar-refractivity contribution in [2.75, 3.05) is 37.7 Å². The molecular weight excluding hydrogens is 626 g/mol. The monoisotopic (exact) mass is 657 g/mol. The minimum absolute atomic E-state index is 0.0660. The molecule has 15 heteroatoms. The summed E-state index contributed by atoms with van der Waals surface area (Å²) in [7, 11) is 0. The zero-order chi connectivity index (χ0) is 33.0. The number of rotatable bonds is 11. The molecule has 0 aliphatic carbocycles. The Morgan fingerprint density at radius 2 is 1.62 bits per heavy atom. The Kier molecular flexibility index (Phi) is 9.33. The number of alkyl halides is 3. The van der Waals surface area contributed by atoms with Gasteiger partial charge in [0.15, 0.2) is 0 Å². The predicted molar refractivity (Wildman–Crippen MR) is 161 cm³/mol. The van der Waals surface area contributed by atoms with Crippen molar-refractivity contribution < 1.29 is 41.4 Å². The molecule has 11 nitrogen and oxygen atoms in total. The van der Waals surface area contributed by atoms with E-state index in [1.165, 1.54) is 36.5 Å². The highest BCUT2D eigenvalue weighted by atomic mass is 19.4. The van der Waals surface area contributed by atoms with Crippen LogP contribution in [0.4, 0.5) is 29.1 Å². The molecule has 0 radical (unpaired) electrons. The van der Waals surface area contributed by atoms with Crippen LogP contribution < -0.4 is 23.8 Å². The van der Waals surface area contributed by atoms with Gasteiger partial charge >= 0.3 is 18.2 Å². The molecule has 47 heavy (non-hydrogen) atoms. The zero-order valence-corrected chi connectivity index (χ0v) is 25.1. The van der Waals surface area contributed by atoms with E-state index >= 15 is 0 Å². The number of hydrogen-bond donors (Lipinski definition) is 0. The molecule has 2 aliphatic heterocycles. The lowest BCUT2D eigenvalue weighted by molar-refractivity contribution is -0.389. The number of imidazole rings is 1. The number of nitrogens with zero attached hydrogens (tertiary/aromatic N) is 5. The van der Waals surface area contributed by atoms with Crippen molar-refractivity contribution in [2.24, 2.45) is 0 Å². The van der Waals surface area contributed by atoms with E-state index in [-0.39, 0.29) is 36.1 Å². The van der Waals surface area contributed by atoms with Crippen molar-refractivity contribution in [3.8, 4) is 23.3 Å². The standard InChI is InChI=1S/C32H31F4N5O6/c33-29-17-27(44-20-22-1-6-26(7-2-22)47-32(34,35)36)8-3-23(29)18-38-13-15-39(16-14-38)24-4-9-25(10-5-24)45-21-28-11-12-40-19-30(41(42)43)37-31(40)46-28/h1-10,17,19,28H,11-16,18,20-21H2. The van der Waals surface area contributed by atoms with Gasteiger partial charge in [-0.2, -0.15) is 0 Å². The number of halogens is 4. The summed E-state index contributed by atoms with van der Waals surface area (Å²) in [6.45, 7) is 4.40. The Balaban J connectivity index is 0.927. The molecule has 0 saturated carbocycles. The Hall–Kier alpha value is -5.05. The molecule has 0 amide bonds. The van der Waals surface area contributed by atoms with E-state index in [0.29, 0.717) is 48.7 Å². The molecule has 248 valence electrons. The Morgan fingerprint density at radius 1 is 0.915 bits per heavy atom. The van der Waals surface area contributed by atoms with Gasteiger partial charge in [-0.05, 0) is 53.0 Å². The Bertz CT molecular complexity index is 1670. The lowest BCUT2D eigenvalue weighted by Crippen LogP contribution is -2.46. The second kappa shape index (κ2) is 13.7. The van der Waals surface area contributed by atoms with Gasteiger partial charge in [0.05, 0.1) is 0 Å². The van der Waals surface area contributed by atoms with Crippen molar-refractivity contribution in [3.63, 3.8) is 0 Å². The first kappa shape index (κ1) is 31.9. The minimum Gasteiger partial charge on any atom is -0.490 e. The molecule has 0 spiro atoms. The first-order chi connectivity index (χ1) is 22.6. The number of benzene rings is 3. The number of ether oxygens (including phenoxy) is 4. The van der Waals surface area contributed by atoms with Gasteiger partial charge < -0.3 is 34.0 Å². The highest BCUT2D eigenvalue weighted by molar-refractivity contribution is 5.49. The van der Waals surface area contributed by atoms with Crippen LogP contribution in [0, 0.1) is 15.9 Å². The van der Waals surface area contributed by atoms with E-state index in [9.17, 15) is 27.7 Å². The van der Waals surface area contributed by atoms with Gasteiger partial charge in [-0.3, -0.25) is 9.47 Å². The fourth-order valence-electron chi connectivity index (χ4n) is 5.38. The van der Waals surface area contributed by atoms with E-state index in [1.54, 1.807) is 16.7 Å². The summed E-state index contributed by atoms with van der Waals surface area (Å²) in [6.07, 6.45) is -3.00. The van der Waals surface area contributed by atoms with Gasteiger partial charge in [-0.1, -0.05) is 18.2 Å². The smallest absolute Gasteiger partial charge is 0.490 e. The molecule has 1 fully saturated rings. The lowest BCUT2D eigenvalue weighted by atomic mass is 10.1. The van der Waals surface area contributed by atoms with E-state index in [1.807, 2.05) is 24.3 Å². The van der Waals surface area contributed by atoms with E-state index in [2.05, 4.69) is 19.5 Å². The molecule has 2 aliphatic rings. The van der Waals surface area contributed by atoms with Crippen molar-refractivity contribution in [1.29, 1.82) is 0 Å². The molecule has 1 aromatic heterocycles. The third kappa shape index (κ3) is 8.41. The van der Waals surface area contributed by atoms with Crippen molar-refractivity contribution in [2.45, 2.75) is 38.6 Å². The highest BCUT2D eigenvalue weighted by Crippen LogP contribution is 2.27. The second-order valence-corrected chi connectivity index (χ2v) is 11.2. The van der Waals surface area contributed by atoms with Crippen LogP contribution in [0.1, 0.15) is 17.5 Å². The maximum atomic E-state index is 14.9. The summed E-state index contributed by atoms with van der Waals surface area (Å²) in [5.41, 5.74) is 2.21. The minimum atomic E-state index is -4.76. The summed E-state index contributed by atoms with van der Waals surface area (Å²) in [4.78, 5) is 18.8. The van der Waals surface area contributed by atoms with Gasteiger partial charge in [-0.15, -0.1) is 13.2 Å². The number of nitro groups is 1. The third-order valence-electron chi connectivity index (χ3n) is 7.87. The van der Waals surface area contributed by atoms with Crippen molar-refractivity contribution >= 4 is 11.5 Å². The molecule has 3 aromatic carbocycles. The second-order valence-electron chi connectivity index (χ2n) is 11.2. The van der Waals surface area contributed by atoms with Gasteiger partial charge in [-0.25, -0.2) is 4.39 Å². The Morgan fingerprint density at radius 3 is 2.30 bits per heavy atom. The van der Waals surface area contributed by atoms with Gasteiger partial charge in [0.25, 0.3) is 0 Å². The van der Waals surface area contributed by atoms with E-state index in [0.717, 1.165) is 31.9 Å². The molecule has 1 unspecified atom stereocenters. The number of aromatic nitrogens is 2. The van der Waals surface area contributed by atoms with Crippen LogP contribution in [0.2, 0.25) is 0 Å². The number of aryl methyl sites for hydroxylation is 1. The van der Waals surface area contributed by atoms with Crippen molar-refractivity contribution in [3.05, 3.63) is 100.0 Å². The van der Waals surface area contributed by atoms with E-state index in [4.69, 9.17) is 14.2 Å². The van der Waals surface area contributed by atoms with Gasteiger partial charge in [0.2, 0.25) is 0 Å². The Labute approximate surface area is 267 Å². The zero-order valence-electron chi connectivity index (χ0n) is 25.1. The fourth-order valence-corrected chi connectivity index (χ4v) is 5.38. The third-order valence-corrected chi connectivity index (χ3v) is 7.87. The van der Waals surface area contributed by atoms with Crippen molar-refractivity contribution in [1.82, 2.24) is 14.5 Å². The average Bonchev–Trinajstić information content (AvgIpc) is 3.49. The number of fused-ring (bicyclic) bond motifs is 1. The number of anilines is 1. The molecule has 4 aromatic rings. The van der Waals surface area contributed by atoms with Crippen LogP contribution in [-0.2, 0) is 19.7 Å². The number of piperazine rings is 1. The van der Waals surface area contributed by atoms with Crippen LogP contribution >= 0.6 is 0 Å². The normalized spacial score (nSPS) is 16.7. The molecule has 0 bridgehead atoms. The maximum Gasteiger partial charge on any atom is 0.573 e. The first-order valence-electron chi connectivity index (χ1n) is 14.9. The van der Waals surface area contributed by atoms with Crippen LogP contribution in [-0.4, -0.2) is 64.6 Å². The summed E-state index contributed by atoms with van der Waals surface area (Å²) < 4.78 is 74.7. The number of hydrogen-bond acceptors (Lipinski definition) is 9. The summed E-state index contributed by atoms with van der Waals surface area (Å²) in [5, 5.41) is 11.0. The quantitative estimate of drug-likeness (QED) is 0.110.